The molecule has 1 atom stereocenters. The Labute approximate surface area is 114 Å². The lowest BCUT2D eigenvalue weighted by Crippen LogP contribution is -2.50. The SMILES string of the molecule is C#Cc1ccc(N2CCN([C@H]3CCOC3)CC2)nc1. The molecule has 0 aliphatic carbocycles. The molecule has 2 aliphatic rings. The Bertz CT molecular complexity index is 451. The molecule has 0 amide bonds. The van der Waals surface area contributed by atoms with E-state index >= 15 is 0 Å². The van der Waals surface area contributed by atoms with Gasteiger partial charge in [-0.3, -0.25) is 4.90 Å². The fourth-order valence-corrected chi connectivity index (χ4v) is 2.78. The lowest BCUT2D eigenvalue weighted by Gasteiger charge is -2.38. The molecule has 0 aromatic carbocycles. The number of aromatic nitrogens is 1. The average Bonchev–Trinajstić information content (AvgIpc) is 3.02. The third kappa shape index (κ3) is 2.73. The number of anilines is 1. The number of hydrogen-bond donors (Lipinski definition) is 0. The minimum atomic E-state index is 0.624. The van der Waals surface area contributed by atoms with E-state index in [-0.39, 0.29) is 0 Å². The first-order valence-corrected chi connectivity index (χ1v) is 6.86. The van der Waals surface area contributed by atoms with Gasteiger partial charge in [0.25, 0.3) is 0 Å². The first-order chi connectivity index (χ1) is 9.36. The van der Waals surface area contributed by atoms with Gasteiger partial charge in [-0.05, 0) is 18.6 Å². The van der Waals surface area contributed by atoms with E-state index in [1.807, 2.05) is 12.1 Å². The maximum absolute atomic E-state index is 5.46. The molecule has 0 bridgehead atoms. The molecule has 2 fully saturated rings. The van der Waals surface area contributed by atoms with Crippen molar-refractivity contribution in [2.45, 2.75) is 12.5 Å². The second-order valence-electron chi connectivity index (χ2n) is 5.09. The van der Waals surface area contributed by atoms with Crippen LogP contribution in [0.2, 0.25) is 0 Å². The number of pyridine rings is 1. The molecule has 4 nitrogen and oxygen atoms in total. The molecule has 2 aliphatic heterocycles. The van der Waals surface area contributed by atoms with Crippen LogP contribution in [0.15, 0.2) is 18.3 Å². The van der Waals surface area contributed by atoms with Gasteiger partial charge in [-0.15, -0.1) is 6.42 Å². The summed E-state index contributed by atoms with van der Waals surface area (Å²) in [5, 5.41) is 0. The standard InChI is InChI=1S/C15H19N3O/c1-2-13-3-4-15(16-11-13)18-8-6-17(7-9-18)14-5-10-19-12-14/h1,3-4,11,14H,5-10,12H2/t14-/m0/s1. The van der Waals surface area contributed by atoms with Gasteiger partial charge in [0.05, 0.1) is 6.61 Å². The Morgan fingerprint density at radius 2 is 2.11 bits per heavy atom. The van der Waals surface area contributed by atoms with Crippen LogP contribution in [0.25, 0.3) is 0 Å². The normalized spacial score (nSPS) is 24.4. The zero-order valence-electron chi connectivity index (χ0n) is 11.1. The van der Waals surface area contributed by atoms with Gasteiger partial charge in [-0.2, -0.15) is 0 Å². The topological polar surface area (TPSA) is 28.6 Å². The first kappa shape index (κ1) is 12.5. The minimum Gasteiger partial charge on any atom is -0.380 e. The van der Waals surface area contributed by atoms with Crippen molar-refractivity contribution in [3.63, 3.8) is 0 Å². The van der Waals surface area contributed by atoms with Crippen molar-refractivity contribution in [1.29, 1.82) is 0 Å². The van der Waals surface area contributed by atoms with Crippen LogP contribution in [0.1, 0.15) is 12.0 Å². The Kier molecular flexibility index (Phi) is 3.67. The molecular weight excluding hydrogens is 238 g/mol. The molecule has 0 saturated carbocycles. The average molecular weight is 257 g/mol. The number of nitrogens with zero attached hydrogens (tertiary/aromatic N) is 3. The van der Waals surface area contributed by atoms with Crippen molar-refractivity contribution in [2.75, 3.05) is 44.3 Å². The molecular formula is C15H19N3O. The lowest BCUT2D eigenvalue weighted by molar-refractivity contribution is 0.139. The quantitative estimate of drug-likeness (QED) is 0.738. The third-order valence-corrected chi connectivity index (χ3v) is 3.97. The molecule has 4 heteroatoms. The fourth-order valence-electron chi connectivity index (χ4n) is 2.78. The molecule has 3 heterocycles. The Hall–Kier alpha value is -1.57. The highest BCUT2D eigenvalue weighted by molar-refractivity contribution is 5.43. The van der Waals surface area contributed by atoms with E-state index in [4.69, 9.17) is 11.2 Å². The van der Waals surface area contributed by atoms with Gasteiger partial charge in [0.2, 0.25) is 0 Å². The van der Waals surface area contributed by atoms with Gasteiger partial charge in [0, 0.05) is 50.6 Å². The zero-order chi connectivity index (χ0) is 13.1. The Morgan fingerprint density at radius 3 is 2.68 bits per heavy atom. The zero-order valence-corrected chi connectivity index (χ0v) is 11.1. The van der Waals surface area contributed by atoms with Gasteiger partial charge in [0.15, 0.2) is 0 Å². The van der Waals surface area contributed by atoms with E-state index in [0.717, 1.165) is 50.8 Å². The maximum Gasteiger partial charge on any atom is 0.128 e. The molecule has 19 heavy (non-hydrogen) atoms. The van der Waals surface area contributed by atoms with Crippen LogP contribution in [0.3, 0.4) is 0 Å². The molecule has 1 aromatic rings. The number of hydrogen-bond acceptors (Lipinski definition) is 4. The van der Waals surface area contributed by atoms with Gasteiger partial charge in [0.1, 0.15) is 5.82 Å². The van der Waals surface area contributed by atoms with Crippen LogP contribution >= 0.6 is 0 Å². The molecule has 1 aromatic heterocycles. The molecule has 0 unspecified atom stereocenters. The van der Waals surface area contributed by atoms with Crippen LogP contribution in [0.4, 0.5) is 5.82 Å². The summed E-state index contributed by atoms with van der Waals surface area (Å²) in [7, 11) is 0. The Balaban J connectivity index is 1.58. The van der Waals surface area contributed by atoms with Crippen molar-refractivity contribution in [1.82, 2.24) is 9.88 Å². The summed E-state index contributed by atoms with van der Waals surface area (Å²) in [6.45, 7) is 6.05. The third-order valence-electron chi connectivity index (χ3n) is 3.97. The molecule has 0 N–H and O–H groups in total. The maximum atomic E-state index is 5.46. The highest BCUT2D eigenvalue weighted by atomic mass is 16.5. The molecule has 3 rings (SSSR count). The van der Waals surface area contributed by atoms with Crippen molar-refractivity contribution < 1.29 is 4.74 Å². The number of piperazine rings is 1. The van der Waals surface area contributed by atoms with E-state index in [0.29, 0.717) is 6.04 Å². The Morgan fingerprint density at radius 1 is 1.26 bits per heavy atom. The molecule has 100 valence electrons. The van der Waals surface area contributed by atoms with E-state index in [9.17, 15) is 0 Å². The largest absolute Gasteiger partial charge is 0.380 e. The van der Waals surface area contributed by atoms with Crippen LogP contribution in [0, 0.1) is 12.3 Å². The van der Waals surface area contributed by atoms with Crippen molar-refractivity contribution in [2.24, 2.45) is 0 Å². The second kappa shape index (κ2) is 5.60. The minimum absolute atomic E-state index is 0.624. The highest BCUT2D eigenvalue weighted by Crippen LogP contribution is 2.18. The van der Waals surface area contributed by atoms with Gasteiger partial charge < -0.3 is 9.64 Å². The van der Waals surface area contributed by atoms with Crippen molar-refractivity contribution in [3.8, 4) is 12.3 Å². The van der Waals surface area contributed by atoms with Crippen LogP contribution in [-0.4, -0.2) is 55.3 Å². The van der Waals surface area contributed by atoms with Crippen LogP contribution in [-0.2, 0) is 4.74 Å². The summed E-state index contributed by atoms with van der Waals surface area (Å²) < 4.78 is 5.46. The summed E-state index contributed by atoms with van der Waals surface area (Å²) >= 11 is 0. The fraction of sp³-hybridized carbons (Fsp3) is 0.533. The number of terminal acetylenes is 1. The first-order valence-electron chi connectivity index (χ1n) is 6.86. The predicted octanol–water partition coefficient (Wildman–Crippen LogP) is 0.974. The molecule has 0 radical (unpaired) electrons. The van der Waals surface area contributed by atoms with Crippen molar-refractivity contribution >= 4 is 5.82 Å². The number of rotatable bonds is 2. The van der Waals surface area contributed by atoms with Crippen LogP contribution in [0.5, 0.6) is 0 Å². The van der Waals surface area contributed by atoms with E-state index < -0.39 is 0 Å². The van der Waals surface area contributed by atoms with Gasteiger partial charge >= 0.3 is 0 Å². The molecule has 2 saturated heterocycles. The predicted molar refractivity (Wildman–Crippen MR) is 75.2 cm³/mol. The van der Waals surface area contributed by atoms with Crippen molar-refractivity contribution in [3.05, 3.63) is 23.9 Å². The summed E-state index contributed by atoms with van der Waals surface area (Å²) in [6.07, 6.45) is 8.29. The van der Waals surface area contributed by atoms with E-state index in [1.165, 1.54) is 6.42 Å². The van der Waals surface area contributed by atoms with E-state index in [1.54, 1.807) is 6.20 Å². The van der Waals surface area contributed by atoms with Gasteiger partial charge in [-0.25, -0.2) is 4.98 Å². The second-order valence-corrected chi connectivity index (χ2v) is 5.09. The number of ether oxygens (including phenoxy) is 1. The van der Waals surface area contributed by atoms with Crippen LogP contribution < -0.4 is 4.90 Å². The highest BCUT2D eigenvalue weighted by Gasteiger charge is 2.26. The molecule has 0 spiro atoms. The van der Waals surface area contributed by atoms with E-state index in [2.05, 4.69) is 20.7 Å². The smallest absolute Gasteiger partial charge is 0.128 e. The summed E-state index contributed by atoms with van der Waals surface area (Å²) in [6, 6.07) is 4.60. The summed E-state index contributed by atoms with van der Waals surface area (Å²) in [4.78, 5) is 9.30. The van der Waals surface area contributed by atoms with Gasteiger partial charge in [-0.1, -0.05) is 5.92 Å². The lowest BCUT2D eigenvalue weighted by atomic mass is 10.2. The monoisotopic (exact) mass is 257 g/mol. The summed E-state index contributed by atoms with van der Waals surface area (Å²) in [5.41, 5.74) is 0.838. The summed E-state index contributed by atoms with van der Waals surface area (Å²) in [5.74, 6) is 3.63.